The number of Topliss-reactive ketones (excluding diaryl/α,β-unsaturated/α-hetero) is 1. The summed E-state index contributed by atoms with van der Waals surface area (Å²) in [5.41, 5.74) is 0.724. The number of hydrogen-bond donors (Lipinski definition) is 0. The standard InChI is InChI=1S/C13H9BrFNO/c14-9-4-5-12(15)11(7-9)13(17)8-10-3-1-2-6-16-10/h1-7H,8H2. The summed E-state index contributed by atoms with van der Waals surface area (Å²) in [6.45, 7) is 0. The number of carbonyl (C=O) groups excluding carboxylic acids is 1. The molecule has 0 saturated heterocycles. The highest BCUT2D eigenvalue weighted by Crippen LogP contribution is 2.17. The molecule has 0 bridgehead atoms. The predicted octanol–water partition coefficient (Wildman–Crippen LogP) is 3.41. The number of rotatable bonds is 3. The van der Waals surface area contributed by atoms with Gasteiger partial charge in [0.25, 0.3) is 0 Å². The third kappa shape index (κ3) is 2.97. The molecule has 0 spiro atoms. The molecule has 1 aromatic carbocycles. The zero-order valence-electron chi connectivity index (χ0n) is 8.86. The second-order valence-electron chi connectivity index (χ2n) is 3.55. The molecule has 0 aliphatic rings. The molecule has 0 aliphatic heterocycles. The van der Waals surface area contributed by atoms with Gasteiger partial charge in [0.15, 0.2) is 5.78 Å². The van der Waals surface area contributed by atoms with Gasteiger partial charge < -0.3 is 0 Å². The second-order valence-corrected chi connectivity index (χ2v) is 4.46. The summed E-state index contributed by atoms with van der Waals surface area (Å²) in [7, 11) is 0. The zero-order valence-corrected chi connectivity index (χ0v) is 10.4. The third-order valence-corrected chi connectivity index (χ3v) is 2.79. The van der Waals surface area contributed by atoms with Gasteiger partial charge in [0.1, 0.15) is 5.82 Å². The zero-order chi connectivity index (χ0) is 12.3. The van der Waals surface area contributed by atoms with Crippen LogP contribution in [0.15, 0.2) is 47.1 Å². The molecule has 2 nitrogen and oxygen atoms in total. The van der Waals surface area contributed by atoms with Gasteiger partial charge in [-0.2, -0.15) is 0 Å². The van der Waals surface area contributed by atoms with Crippen LogP contribution in [0, 0.1) is 5.82 Å². The van der Waals surface area contributed by atoms with E-state index in [2.05, 4.69) is 20.9 Å². The summed E-state index contributed by atoms with van der Waals surface area (Å²) in [4.78, 5) is 15.9. The van der Waals surface area contributed by atoms with Gasteiger partial charge in [-0.3, -0.25) is 9.78 Å². The molecule has 2 aromatic rings. The first-order valence-corrected chi connectivity index (χ1v) is 5.84. The Balaban J connectivity index is 2.23. The van der Waals surface area contributed by atoms with Crippen LogP contribution in [0.4, 0.5) is 4.39 Å². The molecule has 0 aliphatic carbocycles. The molecule has 1 heterocycles. The average molecular weight is 294 g/mol. The number of aromatic nitrogens is 1. The van der Waals surface area contributed by atoms with Crippen LogP contribution in [-0.2, 0) is 6.42 Å². The van der Waals surface area contributed by atoms with Gasteiger partial charge >= 0.3 is 0 Å². The van der Waals surface area contributed by atoms with Crippen molar-refractivity contribution in [3.8, 4) is 0 Å². The van der Waals surface area contributed by atoms with E-state index in [9.17, 15) is 9.18 Å². The molecule has 0 fully saturated rings. The van der Waals surface area contributed by atoms with Gasteiger partial charge in [-0.15, -0.1) is 0 Å². The Morgan fingerprint density at radius 2 is 2.12 bits per heavy atom. The maximum absolute atomic E-state index is 13.5. The minimum Gasteiger partial charge on any atom is -0.294 e. The summed E-state index contributed by atoms with van der Waals surface area (Å²) < 4.78 is 14.1. The lowest BCUT2D eigenvalue weighted by molar-refractivity contribution is 0.0988. The molecule has 0 amide bonds. The van der Waals surface area contributed by atoms with Gasteiger partial charge in [-0.1, -0.05) is 22.0 Å². The Kier molecular flexibility index (Phi) is 3.64. The van der Waals surface area contributed by atoms with Crippen LogP contribution in [0.25, 0.3) is 0 Å². The van der Waals surface area contributed by atoms with Crippen molar-refractivity contribution in [2.24, 2.45) is 0 Å². The number of pyridine rings is 1. The lowest BCUT2D eigenvalue weighted by atomic mass is 10.1. The van der Waals surface area contributed by atoms with Crippen LogP contribution in [-0.4, -0.2) is 10.8 Å². The van der Waals surface area contributed by atoms with Crippen LogP contribution < -0.4 is 0 Å². The number of hydrogen-bond acceptors (Lipinski definition) is 2. The highest BCUT2D eigenvalue weighted by atomic mass is 79.9. The minimum atomic E-state index is -0.505. The van der Waals surface area contributed by atoms with Crippen molar-refractivity contribution in [1.29, 1.82) is 0 Å². The maximum Gasteiger partial charge on any atom is 0.171 e. The highest BCUT2D eigenvalue weighted by Gasteiger charge is 2.13. The lowest BCUT2D eigenvalue weighted by Crippen LogP contribution is -2.07. The molecule has 0 saturated carbocycles. The molecule has 17 heavy (non-hydrogen) atoms. The molecular weight excluding hydrogens is 285 g/mol. The normalized spacial score (nSPS) is 10.2. The van der Waals surface area contributed by atoms with Crippen molar-refractivity contribution in [2.45, 2.75) is 6.42 Å². The maximum atomic E-state index is 13.5. The van der Waals surface area contributed by atoms with Crippen molar-refractivity contribution >= 4 is 21.7 Å². The largest absolute Gasteiger partial charge is 0.294 e. The fourth-order valence-electron chi connectivity index (χ4n) is 1.47. The predicted molar refractivity (Wildman–Crippen MR) is 66.4 cm³/mol. The topological polar surface area (TPSA) is 30.0 Å². The molecule has 0 N–H and O–H groups in total. The van der Waals surface area contributed by atoms with E-state index in [0.717, 1.165) is 0 Å². The summed E-state index contributed by atoms with van der Waals surface area (Å²) in [5.74, 6) is -0.781. The molecule has 0 unspecified atom stereocenters. The quantitative estimate of drug-likeness (QED) is 0.812. The summed E-state index contributed by atoms with van der Waals surface area (Å²) in [6.07, 6.45) is 1.72. The first-order valence-electron chi connectivity index (χ1n) is 5.05. The van der Waals surface area contributed by atoms with E-state index < -0.39 is 5.82 Å². The van der Waals surface area contributed by atoms with Crippen molar-refractivity contribution < 1.29 is 9.18 Å². The average Bonchev–Trinajstić information content (AvgIpc) is 2.33. The van der Waals surface area contributed by atoms with E-state index in [1.807, 2.05) is 0 Å². The lowest BCUT2D eigenvalue weighted by Gasteiger charge is -2.03. The Hall–Kier alpha value is -1.55. The van der Waals surface area contributed by atoms with E-state index in [4.69, 9.17) is 0 Å². The number of benzene rings is 1. The van der Waals surface area contributed by atoms with Crippen molar-refractivity contribution in [2.75, 3.05) is 0 Å². The third-order valence-electron chi connectivity index (χ3n) is 2.30. The first kappa shape index (κ1) is 11.9. The SMILES string of the molecule is O=C(Cc1ccccn1)c1cc(Br)ccc1F. The molecule has 1 aromatic heterocycles. The molecule has 0 atom stereocenters. The number of carbonyl (C=O) groups is 1. The molecular formula is C13H9BrFNO. The van der Waals surface area contributed by atoms with Crippen molar-refractivity contribution in [1.82, 2.24) is 4.98 Å². The Morgan fingerprint density at radius 3 is 2.82 bits per heavy atom. The Labute approximate surface area is 107 Å². The fraction of sp³-hybridized carbons (Fsp3) is 0.0769. The first-order chi connectivity index (χ1) is 8.16. The van der Waals surface area contributed by atoms with E-state index in [0.29, 0.717) is 10.2 Å². The molecule has 2 rings (SSSR count). The van der Waals surface area contributed by atoms with Gasteiger partial charge in [0, 0.05) is 16.4 Å². The summed E-state index contributed by atoms with van der Waals surface area (Å²) >= 11 is 3.22. The van der Waals surface area contributed by atoms with E-state index in [1.54, 1.807) is 30.5 Å². The van der Waals surface area contributed by atoms with Crippen molar-refractivity contribution in [3.05, 3.63) is 64.1 Å². The van der Waals surface area contributed by atoms with Gasteiger partial charge in [-0.25, -0.2) is 4.39 Å². The summed E-state index contributed by atoms with van der Waals surface area (Å²) in [5, 5.41) is 0. The minimum absolute atomic E-state index is 0.0880. The summed E-state index contributed by atoms with van der Waals surface area (Å²) in [6, 6.07) is 9.64. The van der Waals surface area contributed by atoms with E-state index in [-0.39, 0.29) is 17.8 Å². The van der Waals surface area contributed by atoms with E-state index in [1.165, 1.54) is 12.1 Å². The second kappa shape index (κ2) is 5.19. The fourth-order valence-corrected chi connectivity index (χ4v) is 1.83. The smallest absolute Gasteiger partial charge is 0.171 e. The highest BCUT2D eigenvalue weighted by molar-refractivity contribution is 9.10. The Bertz CT molecular complexity index is 542. The molecule has 0 radical (unpaired) electrons. The molecule has 4 heteroatoms. The van der Waals surface area contributed by atoms with Crippen LogP contribution in [0.1, 0.15) is 16.1 Å². The van der Waals surface area contributed by atoms with Gasteiger partial charge in [0.2, 0.25) is 0 Å². The van der Waals surface area contributed by atoms with Gasteiger partial charge in [-0.05, 0) is 30.3 Å². The van der Waals surface area contributed by atoms with E-state index >= 15 is 0 Å². The van der Waals surface area contributed by atoms with Crippen LogP contribution in [0.3, 0.4) is 0 Å². The van der Waals surface area contributed by atoms with Crippen molar-refractivity contribution in [3.63, 3.8) is 0 Å². The number of nitrogens with zero attached hydrogens (tertiary/aromatic N) is 1. The van der Waals surface area contributed by atoms with Crippen LogP contribution in [0.5, 0.6) is 0 Å². The van der Waals surface area contributed by atoms with Gasteiger partial charge in [0.05, 0.1) is 12.0 Å². The van der Waals surface area contributed by atoms with Crippen LogP contribution >= 0.6 is 15.9 Å². The number of halogens is 2. The molecule has 86 valence electrons. The number of ketones is 1. The van der Waals surface area contributed by atoms with Crippen LogP contribution in [0.2, 0.25) is 0 Å². The Morgan fingerprint density at radius 1 is 1.29 bits per heavy atom. The monoisotopic (exact) mass is 293 g/mol.